The lowest BCUT2D eigenvalue weighted by Gasteiger charge is -2.20. The maximum Gasteiger partial charge on any atom is 0.258 e. The molecule has 2 aromatic carbocycles. The minimum absolute atomic E-state index is 0.0776. The summed E-state index contributed by atoms with van der Waals surface area (Å²) in [6.45, 7) is 8.41. The van der Waals surface area contributed by atoms with E-state index in [1.54, 1.807) is 12.1 Å². The Kier molecular flexibility index (Phi) is 6.53. The Labute approximate surface area is 162 Å². The summed E-state index contributed by atoms with van der Waals surface area (Å²) in [5.41, 5.74) is 2.44. The Morgan fingerprint density at radius 2 is 1.84 bits per heavy atom. The molecule has 5 heteroatoms. The number of benzene rings is 2. The second-order valence-electron chi connectivity index (χ2n) is 7.02. The number of amides is 1. The van der Waals surface area contributed by atoms with Gasteiger partial charge in [0, 0.05) is 4.47 Å². The van der Waals surface area contributed by atoms with E-state index < -0.39 is 0 Å². The van der Waals surface area contributed by atoms with Gasteiger partial charge < -0.3 is 10.1 Å². The third-order valence-electron chi connectivity index (χ3n) is 3.91. The van der Waals surface area contributed by atoms with Gasteiger partial charge >= 0.3 is 0 Å². The molecule has 25 heavy (non-hydrogen) atoms. The summed E-state index contributed by atoms with van der Waals surface area (Å²) in [6.07, 6.45) is 0. The summed E-state index contributed by atoms with van der Waals surface area (Å²) < 4.78 is 6.35. The van der Waals surface area contributed by atoms with Crippen LogP contribution >= 0.6 is 27.5 Å². The molecule has 0 unspecified atom stereocenters. The summed E-state index contributed by atoms with van der Waals surface area (Å²) in [6, 6.07) is 13.5. The molecule has 0 aliphatic carbocycles. The Hall–Kier alpha value is -1.52. The standard InChI is InChI=1S/C20H23BrClNO2/c1-13(14-5-7-15(8-6-14)20(2,3)4)23-19(24)12-25-18-10-9-16(21)11-17(18)22/h5-11,13H,12H2,1-4H3,(H,23,24)/t13-/m1/s1. The van der Waals surface area contributed by atoms with E-state index in [0.29, 0.717) is 10.8 Å². The van der Waals surface area contributed by atoms with E-state index in [4.69, 9.17) is 16.3 Å². The second-order valence-corrected chi connectivity index (χ2v) is 8.35. The van der Waals surface area contributed by atoms with Gasteiger partial charge in [-0.15, -0.1) is 0 Å². The van der Waals surface area contributed by atoms with Gasteiger partial charge in [0.2, 0.25) is 0 Å². The molecule has 0 saturated carbocycles. The van der Waals surface area contributed by atoms with Crippen molar-refractivity contribution in [3.05, 3.63) is 63.1 Å². The van der Waals surface area contributed by atoms with Crippen molar-refractivity contribution in [2.24, 2.45) is 0 Å². The fraction of sp³-hybridized carbons (Fsp3) is 0.350. The van der Waals surface area contributed by atoms with Crippen molar-refractivity contribution >= 4 is 33.4 Å². The van der Waals surface area contributed by atoms with Crippen molar-refractivity contribution < 1.29 is 9.53 Å². The Bertz CT molecular complexity index is 738. The third kappa shape index (κ3) is 5.75. The lowest BCUT2D eigenvalue weighted by Crippen LogP contribution is -2.31. The van der Waals surface area contributed by atoms with E-state index in [9.17, 15) is 4.79 Å². The SMILES string of the molecule is C[C@@H](NC(=O)COc1ccc(Br)cc1Cl)c1ccc(C(C)(C)C)cc1. The number of carbonyl (C=O) groups is 1. The highest BCUT2D eigenvalue weighted by atomic mass is 79.9. The van der Waals surface area contributed by atoms with Crippen LogP contribution in [-0.2, 0) is 10.2 Å². The summed E-state index contributed by atoms with van der Waals surface area (Å²) in [4.78, 5) is 12.1. The lowest BCUT2D eigenvalue weighted by atomic mass is 9.86. The van der Waals surface area contributed by atoms with Gasteiger partial charge in [-0.05, 0) is 41.7 Å². The van der Waals surface area contributed by atoms with Crippen molar-refractivity contribution in [3.8, 4) is 5.75 Å². The molecule has 0 heterocycles. The molecule has 0 saturated heterocycles. The maximum absolute atomic E-state index is 12.1. The molecule has 134 valence electrons. The fourth-order valence-electron chi connectivity index (χ4n) is 2.37. The van der Waals surface area contributed by atoms with Crippen molar-refractivity contribution in [2.45, 2.75) is 39.2 Å². The molecule has 1 N–H and O–H groups in total. The third-order valence-corrected chi connectivity index (χ3v) is 4.70. The first-order valence-electron chi connectivity index (χ1n) is 8.14. The van der Waals surface area contributed by atoms with E-state index >= 15 is 0 Å². The van der Waals surface area contributed by atoms with Crippen LogP contribution in [0.3, 0.4) is 0 Å². The first kappa shape index (κ1) is 19.8. The van der Waals surface area contributed by atoms with Gasteiger partial charge in [-0.2, -0.15) is 0 Å². The molecule has 0 aromatic heterocycles. The highest BCUT2D eigenvalue weighted by Crippen LogP contribution is 2.28. The minimum Gasteiger partial charge on any atom is -0.482 e. The predicted molar refractivity (Wildman–Crippen MR) is 106 cm³/mol. The maximum atomic E-state index is 12.1. The van der Waals surface area contributed by atoms with Gasteiger partial charge in [-0.25, -0.2) is 0 Å². The Morgan fingerprint density at radius 1 is 1.20 bits per heavy atom. The van der Waals surface area contributed by atoms with Gasteiger partial charge in [0.1, 0.15) is 5.75 Å². The van der Waals surface area contributed by atoms with E-state index in [1.807, 2.05) is 13.0 Å². The topological polar surface area (TPSA) is 38.3 Å². The number of hydrogen-bond acceptors (Lipinski definition) is 2. The van der Waals surface area contributed by atoms with Crippen LogP contribution in [0.15, 0.2) is 46.9 Å². The molecule has 0 bridgehead atoms. The fourth-order valence-corrected chi connectivity index (χ4v) is 3.10. The largest absolute Gasteiger partial charge is 0.482 e. The van der Waals surface area contributed by atoms with Gasteiger partial charge in [0.25, 0.3) is 5.91 Å². The molecular formula is C20H23BrClNO2. The molecule has 0 aliphatic rings. The Balaban J connectivity index is 1.91. The van der Waals surface area contributed by atoms with Crippen LogP contribution in [0.4, 0.5) is 0 Å². The van der Waals surface area contributed by atoms with Gasteiger partial charge in [-0.1, -0.05) is 72.6 Å². The second kappa shape index (κ2) is 8.24. The highest BCUT2D eigenvalue weighted by Gasteiger charge is 2.15. The van der Waals surface area contributed by atoms with Crippen molar-refractivity contribution in [1.82, 2.24) is 5.32 Å². The zero-order chi connectivity index (χ0) is 18.6. The van der Waals surface area contributed by atoms with Crippen LogP contribution in [0.1, 0.15) is 44.9 Å². The predicted octanol–water partition coefficient (Wildman–Crippen LogP) is 5.66. The van der Waals surface area contributed by atoms with E-state index in [-0.39, 0.29) is 24.0 Å². The Morgan fingerprint density at radius 3 is 2.40 bits per heavy atom. The van der Waals surface area contributed by atoms with Gasteiger partial charge in [0.15, 0.2) is 6.61 Å². The van der Waals surface area contributed by atoms with E-state index in [2.05, 4.69) is 66.3 Å². The number of ether oxygens (including phenoxy) is 1. The first-order chi connectivity index (χ1) is 11.7. The quantitative estimate of drug-likeness (QED) is 0.673. The normalized spacial score (nSPS) is 12.6. The van der Waals surface area contributed by atoms with Crippen LogP contribution in [0.25, 0.3) is 0 Å². The molecule has 0 fully saturated rings. The molecular weight excluding hydrogens is 402 g/mol. The first-order valence-corrected chi connectivity index (χ1v) is 9.31. The van der Waals surface area contributed by atoms with Crippen LogP contribution in [0.2, 0.25) is 5.02 Å². The molecule has 2 aromatic rings. The van der Waals surface area contributed by atoms with Crippen molar-refractivity contribution in [1.29, 1.82) is 0 Å². The number of hydrogen-bond donors (Lipinski definition) is 1. The zero-order valence-electron chi connectivity index (χ0n) is 14.9. The monoisotopic (exact) mass is 423 g/mol. The van der Waals surface area contributed by atoms with Gasteiger partial charge in [0.05, 0.1) is 11.1 Å². The minimum atomic E-state index is -0.189. The molecule has 1 atom stereocenters. The number of carbonyl (C=O) groups excluding carboxylic acids is 1. The summed E-state index contributed by atoms with van der Waals surface area (Å²) in [7, 11) is 0. The molecule has 2 rings (SSSR count). The van der Waals surface area contributed by atoms with Crippen molar-refractivity contribution in [3.63, 3.8) is 0 Å². The number of rotatable bonds is 5. The van der Waals surface area contributed by atoms with Crippen molar-refractivity contribution in [2.75, 3.05) is 6.61 Å². The number of nitrogens with one attached hydrogen (secondary N) is 1. The summed E-state index contributed by atoms with van der Waals surface area (Å²) in [5, 5.41) is 3.40. The van der Waals surface area contributed by atoms with Crippen LogP contribution < -0.4 is 10.1 Å². The molecule has 1 amide bonds. The molecule has 0 radical (unpaired) electrons. The highest BCUT2D eigenvalue weighted by molar-refractivity contribution is 9.10. The van der Waals surface area contributed by atoms with E-state index in [1.165, 1.54) is 5.56 Å². The summed E-state index contributed by atoms with van der Waals surface area (Å²) >= 11 is 9.41. The average molecular weight is 425 g/mol. The average Bonchev–Trinajstić information content (AvgIpc) is 2.53. The smallest absolute Gasteiger partial charge is 0.258 e. The number of halogens is 2. The van der Waals surface area contributed by atoms with Gasteiger partial charge in [-0.3, -0.25) is 4.79 Å². The lowest BCUT2D eigenvalue weighted by molar-refractivity contribution is -0.123. The van der Waals surface area contributed by atoms with Crippen LogP contribution in [0.5, 0.6) is 5.75 Å². The molecule has 0 spiro atoms. The van der Waals surface area contributed by atoms with E-state index in [0.717, 1.165) is 10.0 Å². The molecule has 3 nitrogen and oxygen atoms in total. The zero-order valence-corrected chi connectivity index (χ0v) is 17.2. The van der Waals surface area contributed by atoms with Crippen LogP contribution in [-0.4, -0.2) is 12.5 Å². The summed E-state index contributed by atoms with van der Waals surface area (Å²) in [5.74, 6) is 0.300. The molecule has 0 aliphatic heterocycles. The van der Waals surface area contributed by atoms with Crippen LogP contribution in [0, 0.1) is 0 Å².